The summed E-state index contributed by atoms with van der Waals surface area (Å²) in [6.07, 6.45) is 6.02. The van der Waals surface area contributed by atoms with E-state index in [0.29, 0.717) is 25.6 Å². The minimum Gasteiger partial charge on any atom is -0.369 e. The molecule has 0 unspecified atom stereocenters. The molecule has 7 rings (SSSR count). The van der Waals surface area contributed by atoms with E-state index in [0.717, 1.165) is 95.0 Å². The molecule has 3 aromatic heterocycles. The minimum absolute atomic E-state index is 0.136. The SMILES string of the molecule is Cn1cc(-c2cnn3c(NCCCCCCNC(=O)c4ccc(N5C(=S)N(c6ccc(C#N)c(C(F)(F)F)c6)C(=O)C5(C)C)cc4F)c(Br)c([C@@H]4CCCNC4)nc23)cn1. The number of thiocarbonyl (C=S) groups is 1. The van der Waals surface area contributed by atoms with Crippen LogP contribution in [0, 0.1) is 17.1 Å². The Bertz CT molecular complexity index is 2510. The van der Waals surface area contributed by atoms with E-state index in [4.69, 9.17) is 17.2 Å². The smallest absolute Gasteiger partial charge is 0.369 e. The molecule has 2 aliphatic rings. The van der Waals surface area contributed by atoms with Crippen molar-refractivity contribution in [2.45, 2.75) is 70.0 Å². The molecule has 60 heavy (non-hydrogen) atoms. The summed E-state index contributed by atoms with van der Waals surface area (Å²) in [5.41, 5.74) is 0.0832. The maximum Gasteiger partial charge on any atom is 0.417 e. The van der Waals surface area contributed by atoms with Crippen molar-refractivity contribution in [1.82, 2.24) is 35.0 Å². The number of alkyl halides is 3. The van der Waals surface area contributed by atoms with Gasteiger partial charge in [0.05, 0.1) is 51.0 Å². The molecule has 0 bridgehead atoms. The van der Waals surface area contributed by atoms with Gasteiger partial charge in [-0.1, -0.05) is 12.8 Å². The van der Waals surface area contributed by atoms with Crippen molar-refractivity contribution in [1.29, 1.82) is 5.26 Å². The van der Waals surface area contributed by atoms with Gasteiger partial charge < -0.3 is 20.9 Å². The fourth-order valence-electron chi connectivity index (χ4n) is 7.66. The molecule has 0 aliphatic carbocycles. The minimum atomic E-state index is -4.85. The van der Waals surface area contributed by atoms with E-state index in [1.807, 2.05) is 24.0 Å². The number of nitriles is 1. The molecular formula is C41H42BrF4N11O2S. The molecule has 2 amide bonds. The van der Waals surface area contributed by atoms with Crippen LogP contribution in [0.1, 0.15) is 85.5 Å². The van der Waals surface area contributed by atoms with Crippen LogP contribution in [0.5, 0.6) is 0 Å². The lowest BCUT2D eigenvalue weighted by Gasteiger charge is -2.29. The van der Waals surface area contributed by atoms with Crippen LogP contribution in [0.3, 0.4) is 0 Å². The Morgan fingerprint density at radius 2 is 1.83 bits per heavy atom. The largest absolute Gasteiger partial charge is 0.417 e. The number of hydrogen-bond donors (Lipinski definition) is 3. The van der Waals surface area contributed by atoms with Crippen molar-refractivity contribution >= 4 is 67.9 Å². The van der Waals surface area contributed by atoms with Gasteiger partial charge in [-0.2, -0.15) is 33.1 Å². The molecule has 314 valence electrons. The number of benzene rings is 2. The summed E-state index contributed by atoms with van der Waals surface area (Å²) in [7, 11) is 1.87. The summed E-state index contributed by atoms with van der Waals surface area (Å²) >= 11 is 9.39. The van der Waals surface area contributed by atoms with Crippen LogP contribution in [0.25, 0.3) is 16.8 Å². The quantitative estimate of drug-likeness (QED) is 0.0610. The van der Waals surface area contributed by atoms with Gasteiger partial charge in [-0.3, -0.25) is 19.2 Å². The average molecular weight is 909 g/mol. The zero-order valence-electron chi connectivity index (χ0n) is 33.0. The van der Waals surface area contributed by atoms with Gasteiger partial charge in [0.1, 0.15) is 17.2 Å². The molecule has 2 aromatic carbocycles. The van der Waals surface area contributed by atoms with Gasteiger partial charge in [0.2, 0.25) is 0 Å². The number of anilines is 3. The Morgan fingerprint density at radius 1 is 1.08 bits per heavy atom. The zero-order chi connectivity index (χ0) is 42.9. The van der Waals surface area contributed by atoms with Crippen molar-refractivity contribution in [2.75, 3.05) is 41.3 Å². The van der Waals surface area contributed by atoms with Gasteiger partial charge in [0.25, 0.3) is 11.8 Å². The molecule has 0 spiro atoms. The van der Waals surface area contributed by atoms with Crippen LogP contribution in [-0.4, -0.2) is 73.0 Å². The first-order valence-electron chi connectivity index (χ1n) is 19.5. The highest BCUT2D eigenvalue weighted by Gasteiger charge is 2.51. The number of rotatable bonds is 13. The van der Waals surface area contributed by atoms with E-state index in [2.05, 4.69) is 42.1 Å². The summed E-state index contributed by atoms with van der Waals surface area (Å²) in [5, 5.41) is 27.9. The summed E-state index contributed by atoms with van der Waals surface area (Å²) in [4.78, 5) is 33.9. The number of carbonyl (C=O) groups is 2. The Balaban J connectivity index is 0.933. The first-order valence-corrected chi connectivity index (χ1v) is 20.7. The number of hydrogen-bond acceptors (Lipinski definition) is 9. The van der Waals surface area contributed by atoms with E-state index in [9.17, 15) is 28.0 Å². The molecule has 19 heteroatoms. The van der Waals surface area contributed by atoms with Crippen molar-refractivity contribution in [3.63, 3.8) is 0 Å². The molecular weight excluding hydrogens is 866 g/mol. The summed E-state index contributed by atoms with van der Waals surface area (Å²) in [6, 6.07) is 8.16. The standard InChI is InChI=1S/C41H42BrF4N11O2S/c1-40(2)38(59)55(27-11-10-24(19-47)31(17-27)41(44,45)46)39(60)56(40)28-12-13-29(32(43)18-28)37(58)50-16-7-5-4-6-15-49-36-33(42)34(25-9-8-14-48-20-25)53-35-30(22-52-57(35)36)26-21-51-54(3)23-26/h10-13,17-18,21-23,25,48-49H,4-9,14-16,20H2,1-3H3,(H,50,58)/t25-/m1/s1. The van der Waals surface area contributed by atoms with E-state index in [1.165, 1.54) is 43.0 Å². The Hall–Kier alpha value is -5.45. The molecule has 1 atom stereocenters. The third-order valence-electron chi connectivity index (χ3n) is 10.8. The van der Waals surface area contributed by atoms with Crippen LogP contribution in [-0.2, 0) is 18.0 Å². The monoisotopic (exact) mass is 907 g/mol. The second-order valence-corrected chi connectivity index (χ2v) is 16.5. The van der Waals surface area contributed by atoms with E-state index < -0.39 is 40.5 Å². The number of piperidine rings is 1. The predicted octanol–water partition coefficient (Wildman–Crippen LogP) is 7.71. The fourth-order valence-corrected chi connectivity index (χ4v) is 8.90. The molecule has 5 aromatic rings. The second kappa shape index (κ2) is 17.3. The maximum absolute atomic E-state index is 15.5. The van der Waals surface area contributed by atoms with Gasteiger partial charge in [-0.25, -0.2) is 9.37 Å². The second-order valence-electron chi connectivity index (χ2n) is 15.3. The van der Waals surface area contributed by atoms with Gasteiger partial charge in [0.15, 0.2) is 10.8 Å². The van der Waals surface area contributed by atoms with Crippen LogP contribution >= 0.6 is 28.1 Å². The van der Waals surface area contributed by atoms with Gasteiger partial charge in [0, 0.05) is 55.6 Å². The molecule has 2 fully saturated rings. The molecule has 0 saturated carbocycles. The molecule has 5 heterocycles. The summed E-state index contributed by atoms with van der Waals surface area (Å²) in [6.45, 7) is 5.85. The van der Waals surface area contributed by atoms with Crippen molar-refractivity contribution in [2.24, 2.45) is 7.05 Å². The number of amides is 2. The average Bonchev–Trinajstić information content (AvgIpc) is 3.89. The Kier molecular flexibility index (Phi) is 12.3. The number of aromatic nitrogens is 5. The fraction of sp³-hybridized carbons (Fsp3) is 0.390. The molecule has 2 saturated heterocycles. The number of unbranched alkanes of at least 4 members (excludes halogenated alkanes) is 3. The summed E-state index contributed by atoms with van der Waals surface area (Å²) in [5.74, 6) is -1.03. The topological polar surface area (TPSA) is 149 Å². The first-order chi connectivity index (χ1) is 28.6. The Morgan fingerprint density at radius 3 is 2.50 bits per heavy atom. The van der Waals surface area contributed by atoms with E-state index in [1.54, 1.807) is 10.9 Å². The summed E-state index contributed by atoms with van der Waals surface area (Å²) < 4.78 is 61.1. The van der Waals surface area contributed by atoms with Crippen LogP contribution in [0.4, 0.5) is 34.8 Å². The lowest BCUT2D eigenvalue weighted by molar-refractivity contribution is -0.137. The lowest BCUT2D eigenvalue weighted by Crippen LogP contribution is -2.44. The van der Waals surface area contributed by atoms with Crippen molar-refractivity contribution < 1.29 is 27.2 Å². The third-order valence-corrected chi connectivity index (χ3v) is 12.0. The number of nitrogens with zero attached hydrogens (tertiary/aromatic N) is 8. The zero-order valence-corrected chi connectivity index (χ0v) is 35.4. The van der Waals surface area contributed by atoms with Crippen LogP contribution in [0.2, 0.25) is 0 Å². The maximum atomic E-state index is 15.5. The molecule has 3 N–H and O–H groups in total. The first kappa shape index (κ1) is 42.7. The van der Waals surface area contributed by atoms with Gasteiger partial charge in [-0.05, 0) is 111 Å². The highest BCUT2D eigenvalue weighted by molar-refractivity contribution is 9.10. The normalized spacial score (nSPS) is 16.8. The highest BCUT2D eigenvalue weighted by atomic mass is 79.9. The van der Waals surface area contributed by atoms with Gasteiger partial charge in [-0.15, -0.1) is 0 Å². The van der Waals surface area contributed by atoms with Gasteiger partial charge >= 0.3 is 6.18 Å². The number of nitrogens with one attached hydrogen (secondary N) is 3. The molecule has 0 radical (unpaired) electrons. The van der Waals surface area contributed by atoms with Crippen LogP contribution < -0.4 is 25.8 Å². The molecule has 2 aliphatic heterocycles. The number of fused-ring (bicyclic) bond motifs is 1. The number of halogens is 5. The Labute approximate surface area is 357 Å². The van der Waals surface area contributed by atoms with E-state index >= 15 is 4.39 Å². The number of carbonyl (C=O) groups excluding carboxylic acids is 2. The third kappa shape index (κ3) is 8.32. The van der Waals surface area contributed by atoms with Crippen molar-refractivity contribution in [3.05, 3.63) is 87.7 Å². The molecule has 13 nitrogen and oxygen atoms in total. The predicted molar refractivity (Wildman–Crippen MR) is 226 cm³/mol. The van der Waals surface area contributed by atoms with E-state index in [-0.39, 0.29) is 28.0 Å². The lowest BCUT2D eigenvalue weighted by atomic mass is 9.96. The van der Waals surface area contributed by atoms with Crippen LogP contribution in [0.15, 0.2) is 59.5 Å². The highest BCUT2D eigenvalue weighted by Crippen LogP contribution is 2.40. The van der Waals surface area contributed by atoms with Crippen molar-refractivity contribution in [3.8, 4) is 17.2 Å². The number of aryl methyl sites for hydroxylation is 1.